The Morgan fingerprint density at radius 1 is 1.47 bits per heavy atom. The van der Waals surface area contributed by atoms with E-state index >= 15 is 0 Å². The largest absolute Gasteiger partial charge is 0.382 e. The summed E-state index contributed by atoms with van der Waals surface area (Å²) in [6, 6.07) is -0.165. The van der Waals surface area contributed by atoms with E-state index in [2.05, 4.69) is 10.1 Å². The lowest BCUT2D eigenvalue weighted by molar-refractivity contribution is 0.0494. The molecule has 0 bridgehead atoms. The van der Waals surface area contributed by atoms with Gasteiger partial charge in [-0.3, -0.25) is 0 Å². The summed E-state index contributed by atoms with van der Waals surface area (Å²) in [4.78, 5) is 4.11. The van der Waals surface area contributed by atoms with Crippen molar-refractivity contribution in [3.63, 3.8) is 0 Å². The normalized spacial score (nSPS) is 13.0. The Bertz CT molecular complexity index is 277. The molecule has 0 aliphatic heterocycles. The number of rotatable bonds is 7. The van der Waals surface area contributed by atoms with Gasteiger partial charge in [0.2, 0.25) is 0 Å². The molecule has 0 radical (unpaired) electrons. The summed E-state index contributed by atoms with van der Waals surface area (Å²) in [5, 5.41) is 3.76. The molecule has 0 saturated carbocycles. The Balaban J connectivity index is 2.33. The SMILES string of the molecule is CCC(N)c1noc(COCCOC)n1. The Kier molecular flexibility index (Phi) is 5.23. The third kappa shape index (κ3) is 3.94. The quantitative estimate of drug-likeness (QED) is 0.672. The van der Waals surface area contributed by atoms with Crippen molar-refractivity contribution in [1.29, 1.82) is 0 Å². The highest BCUT2D eigenvalue weighted by Gasteiger charge is 2.11. The van der Waals surface area contributed by atoms with E-state index in [-0.39, 0.29) is 6.04 Å². The molecule has 86 valence electrons. The molecule has 0 aliphatic rings. The lowest BCUT2D eigenvalue weighted by Gasteiger charge is -2.00. The van der Waals surface area contributed by atoms with Gasteiger partial charge in [-0.2, -0.15) is 4.98 Å². The predicted molar refractivity (Wildman–Crippen MR) is 53.0 cm³/mol. The number of hydrogen-bond donors (Lipinski definition) is 1. The minimum absolute atomic E-state index is 0.165. The van der Waals surface area contributed by atoms with E-state index in [9.17, 15) is 0 Å². The van der Waals surface area contributed by atoms with Gasteiger partial charge in [-0.05, 0) is 6.42 Å². The zero-order chi connectivity index (χ0) is 11.1. The number of nitrogens with zero attached hydrogens (tertiary/aromatic N) is 2. The van der Waals surface area contributed by atoms with Crippen LogP contribution in [0.25, 0.3) is 0 Å². The van der Waals surface area contributed by atoms with E-state index in [4.69, 9.17) is 19.7 Å². The summed E-state index contributed by atoms with van der Waals surface area (Å²) in [6.45, 7) is 3.33. The van der Waals surface area contributed by atoms with E-state index in [1.54, 1.807) is 7.11 Å². The lowest BCUT2D eigenvalue weighted by Crippen LogP contribution is -2.10. The van der Waals surface area contributed by atoms with Crippen LogP contribution in [0.1, 0.15) is 31.1 Å². The number of aromatic nitrogens is 2. The van der Waals surface area contributed by atoms with Gasteiger partial charge < -0.3 is 19.7 Å². The molecule has 0 saturated heterocycles. The second-order valence-corrected chi connectivity index (χ2v) is 3.11. The van der Waals surface area contributed by atoms with Crippen molar-refractivity contribution in [2.24, 2.45) is 5.73 Å². The third-order valence-corrected chi connectivity index (χ3v) is 1.91. The maximum Gasteiger partial charge on any atom is 0.252 e. The highest BCUT2D eigenvalue weighted by atomic mass is 16.5. The minimum atomic E-state index is -0.165. The van der Waals surface area contributed by atoms with Gasteiger partial charge >= 0.3 is 0 Å². The molecular weight excluding hydrogens is 198 g/mol. The Morgan fingerprint density at radius 2 is 2.27 bits per heavy atom. The van der Waals surface area contributed by atoms with Crippen molar-refractivity contribution in [2.75, 3.05) is 20.3 Å². The van der Waals surface area contributed by atoms with E-state index in [0.717, 1.165) is 6.42 Å². The second kappa shape index (κ2) is 6.49. The monoisotopic (exact) mass is 215 g/mol. The smallest absolute Gasteiger partial charge is 0.252 e. The van der Waals surface area contributed by atoms with Gasteiger partial charge in [0, 0.05) is 7.11 Å². The van der Waals surface area contributed by atoms with Crippen molar-refractivity contribution in [3.8, 4) is 0 Å². The van der Waals surface area contributed by atoms with Crippen LogP contribution in [0.5, 0.6) is 0 Å². The molecule has 6 heteroatoms. The average Bonchev–Trinajstić information content (AvgIpc) is 2.72. The fourth-order valence-corrected chi connectivity index (χ4v) is 0.962. The number of methoxy groups -OCH3 is 1. The summed E-state index contributed by atoms with van der Waals surface area (Å²) in [5.41, 5.74) is 5.74. The molecule has 1 aromatic rings. The molecule has 0 spiro atoms. The summed E-state index contributed by atoms with van der Waals surface area (Å²) < 4.78 is 15.0. The van der Waals surface area contributed by atoms with Gasteiger partial charge in [-0.1, -0.05) is 12.1 Å². The molecule has 0 aliphatic carbocycles. The predicted octanol–water partition coefficient (Wildman–Crippen LogP) is 0.642. The van der Waals surface area contributed by atoms with Gasteiger partial charge in [-0.15, -0.1) is 0 Å². The van der Waals surface area contributed by atoms with Crippen molar-refractivity contribution in [1.82, 2.24) is 10.1 Å². The van der Waals surface area contributed by atoms with E-state index < -0.39 is 0 Å². The van der Waals surface area contributed by atoms with Crippen molar-refractivity contribution in [2.45, 2.75) is 26.0 Å². The van der Waals surface area contributed by atoms with Crippen LogP contribution in [0.3, 0.4) is 0 Å². The Hall–Kier alpha value is -0.980. The maximum atomic E-state index is 5.74. The Morgan fingerprint density at radius 3 is 2.93 bits per heavy atom. The zero-order valence-corrected chi connectivity index (χ0v) is 9.10. The molecular formula is C9H17N3O3. The van der Waals surface area contributed by atoms with Crippen molar-refractivity contribution < 1.29 is 14.0 Å². The first-order valence-electron chi connectivity index (χ1n) is 4.92. The summed E-state index contributed by atoms with van der Waals surface area (Å²) in [5.74, 6) is 0.979. The molecule has 0 aromatic carbocycles. The second-order valence-electron chi connectivity index (χ2n) is 3.11. The van der Waals surface area contributed by atoms with Crippen LogP contribution >= 0.6 is 0 Å². The van der Waals surface area contributed by atoms with Crippen LogP contribution in [0.2, 0.25) is 0 Å². The van der Waals surface area contributed by atoms with Crippen molar-refractivity contribution in [3.05, 3.63) is 11.7 Å². The molecule has 0 fully saturated rings. The fourth-order valence-electron chi connectivity index (χ4n) is 0.962. The lowest BCUT2D eigenvalue weighted by atomic mass is 10.2. The van der Waals surface area contributed by atoms with Gasteiger partial charge in [0.05, 0.1) is 19.3 Å². The third-order valence-electron chi connectivity index (χ3n) is 1.91. The topological polar surface area (TPSA) is 83.4 Å². The van der Waals surface area contributed by atoms with Gasteiger partial charge in [0.15, 0.2) is 5.82 Å². The van der Waals surface area contributed by atoms with Crippen LogP contribution in [0, 0.1) is 0 Å². The molecule has 1 heterocycles. The number of ether oxygens (including phenoxy) is 2. The molecule has 1 aromatic heterocycles. The molecule has 15 heavy (non-hydrogen) atoms. The fraction of sp³-hybridized carbons (Fsp3) is 0.778. The molecule has 0 amide bonds. The summed E-state index contributed by atoms with van der Waals surface area (Å²) in [6.07, 6.45) is 0.781. The standard InChI is InChI=1S/C9H17N3O3/c1-3-7(10)9-11-8(15-12-9)6-14-5-4-13-2/h7H,3-6,10H2,1-2H3. The zero-order valence-electron chi connectivity index (χ0n) is 9.10. The molecule has 1 unspecified atom stereocenters. The highest BCUT2D eigenvalue weighted by Crippen LogP contribution is 2.09. The molecule has 1 atom stereocenters. The first kappa shape index (κ1) is 12.1. The molecule has 6 nitrogen and oxygen atoms in total. The van der Waals surface area contributed by atoms with Crippen LogP contribution in [0.15, 0.2) is 4.52 Å². The van der Waals surface area contributed by atoms with E-state index in [1.807, 2.05) is 6.92 Å². The maximum absolute atomic E-state index is 5.74. The minimum Gasteiger partial charge on any atom is -0.382 e. The van der Waals surface area contributed by atoms with Crippen LogP contribution in [-0.4, -0.2) is 30.5 Å². The van der Waals surface area contributed by atoms with Gasteiger partial charge in [0.25, 0.3) is 5.89 Å². The number of nitrogens with two attached hydrogens (primary N) is 1. The average molecular weight is 215 g/mol. The number of hydrogen-bond acceptors (Lipinski definition) is 6. The Labute approximate surface area is 88.7 Å². The van der Waals surface area contributed by atoms with Crippen LogP contribution in [0.4, 0.5) is 0 Å². The first-order valence-corrected chi connectivity index (χ1v) is 4.92. The first-order chi connectivity index (χ1) is 7.27. The van der Waals surface area contributed by atoms with E-state index in [0.29, 0.717) is 31.5 Å². The summed E-state index contributed by atoms with van der Waals surface area (Å²) in [7, 11) is 1.62. The molecule has 2 N–H and O–H groups in total. The van der Waals surface area contributed by atoms with Crippen molar-refractivity contribution >= 4 is 0 Å². The highest BCUT2D eigenvalue weighted by molar-refractivity contribution is 4.91. The van der Waals surface area contributed by atoms with Crippen LogP contribution in [-0.2, 0) is 16.1 Å². The molecule has 1 rings (SSSR count). The van der Waals surface area contributed by atoms with E-state index in [1.165, 1.54) is 0 Å². The van der Waals surface area contributed by atoms with Gasteiger partial charge in [0.1, 0.15) is 6.61 Å². The summed E-state index contributed by atoms with van der Waals surface area (Å²) >= 11 is 0. The van der Waals surface area contributed by atoms with Crippen LogP contribution < -0.4 is 5.73 Å². The van der Waals surface area contributed by atoms with Gasteiger partial charge in [-0.25, -0.2) is 0 Å².